The summed E-state index contributed by atoms with van der Waals surface area (Å²) < 4.78 is 2.06. The summed E-state index contributed by atoms with van der Waals surface area (Å²) in [7, 11) is 2.02. The van der Waals surface area contributed by atoms with E-state index < -0.39 is 0 Å². The Hall–Kier alpha value is -1.89. The fraction of sp³-hybridized carbons (Fsp3) is 0.688. The number of aryl methyl sites for hydroxylation is 1. The zero-order valence-electron chi connectivity index (χ0n) is 13.6. The van der Waals surface area contributed by atoms with E-state index in [2.05, 4.69) is 14.5 Å². The second kappa shape index (κ2) is 6.70. The molecule has 7 heteroatoms. The van der Waals surface area contributed by atoms with E-state index in [1.54, 1.807) is 0 Å². The molecule has 2 aliphatic rings. The van der Waals surface area contributed by atoms with E-state index in [0.717, 1.165) is 44.7 Å². The van der Waals surface area contributed by atoms with Crippen molar-refractivity contribution in [3.8, 4) is 0 Å². The van der Waals surface area contributed by atoms with Gasteiger partial charge in [0.05, 0.1) is 5.92 Å². The zero-order valence-corrected chi connectivity index (χ0v) is 13.6. The molecule has 1 unspecified atom stereocenters. The minimum atomic E-state index is -0.353. The largest absolute Gasteiger partial charge is 0.369 e. The monoisotopic (exact) mass is 319 g/mol. The Morgan fingerprint density at radius 3 is 2.70 bits per heavy atom. The first-order valence-corrected chi connectivity index (χ1v) is 8.32. The van der Waals surface area contributed by atoms with Crippen molar-refractivity contribution in [2.24, 2.45) is 18.7 Å². The summed E-state index contributed by atoms with van der Waals surface area (Å²) >= 11 is 0. The standard InChI is InChI=1S/C16H25N5O2/c1-19-9-5-18-14(19)4-8-20-6-2-13(3-7-20)21-11-12(16(17)23)10-15(21)22/h5,9,12-13H,2-4,6-8,10-11H2,1H3,(H2,17,23). The Kier molecular flexibility index (Phi) is 4.66. The Morgan fingerprint density at radius 2 is 2.13 bits per heavy atom. The summed E-state index contributed by atoms with van der Waals surface area (Å²) in [6, 6.07) is 0.260. The lowest BCUT2D eigenvalue weighted by Gasteiger charge is -2.36. The van der Waals surface area contributed by atoms with Gasteiger partial charge in [-0.1, -0.05) is 0 Å². The molecule has 0 aromatic carbocycles. The van der Waals surface area contributed by atoms with Gasteiger partial charge in [0.2, 0.25) is 11.8 Å². The molecule has 126 valence electrons. The molecule has 0 bridgehead atoms. The summed E-state index contributed by atoms with van der Waals surface area (Å²) in [6.07, 6.45) is 6.97. The van der Waals surface area contributed by atoms with Gasteiger partial charge in [-0.3, -0.25) is 9.59 Å². The topological polar surface area (TPSA) is 84.5 Å². The summed E-state index contributed by atoms with van der Waals surface area (Å²) in [6.45, 7) is 3.47. The Labute approximate surface area is 136 Å². The summed E-state index contributed by atoms with van der Waals surface area (Å²) in [5.41, 5.74) is 5.34. The van der Waals surface area contributed by atoms with Crippen LogP contribution in [0.5, 0.6) is 0 Å². The van der Waals surface area contributed by atoms with Gasteiger partial charge in [-0.25, -0.2) is 4.98 Å². The van der Waals surface area contributed by atoms with Gasteiger partial charge in [0.15, 0.2) is 0 Å². The van der Waals surface area contributed by atoms with Gasteiger partial charge in [0, 0.05) is 64.5 Å². The van der Waals surface area contributed by atoms with Crippen LogP contribution in [0.4, 0.5) is 0 Å². The molecule has 3 rings (SSSR count). The van der Waals surface area contributed by atoms with Gasteiger partial charge in [0.1, 0.15) is 5.82 Å². The van der Waals surface area contributed by atoms with E-state index in [0.29, 0.717) is 6.54 Å². The van der Waals surface area contributed by atoms with Crippen molar-refractivity contribution in [2.75, 3.05) is 26.2 Å². The van der Waals surface area contributed by atoms with E-state index in [1.165, 1.54) is 0 Å². The number of likely N-dealkylation sites (tertiary alicyclic amines) is 2. The van der Waals surface area contributed by atoms with Crippen LogP contribution in [0, 0.1) is 5.92 Å². The molecule has 0 saturated carbocycles. The van der Waals surface area contributed by atoms with Crippen molar-refractivity contribution in [1.29, 1.82) is 0 Å². The van der Waals surface area contributed by atoms with Gasteiger partial charge < -0.3 is 20.1 Å². The Balaban J connectivity index is 1.46. The SMILES string of the molecule is Cn1ccnc1CCN1CCC(N2CC(C(N)=O)CC2=O)CC1. The second-order valence-corrected chi connectivity index (χ2v) is 6.63. The first-order chi connectivity index (χ1) is 11.0. The van der Waals surface area contributed by atoms with Crippen molar-refractivity contribution >= 4 is 11.8 Å². The molecule has 2 saturated heterocycles. The fourth-order valence-electron chi connectivity index (χ4n) is 3.63. The number of rotatable bonds is 5. The maximum Gasteiger partial charge on any atom is 0.223 e. The third-order valence-electron chi connectivity index (χ3n) is 5.13. The normalized spacial score (nSPS) is 23.6. The molecule has 1 aromatic rings. The highest BCUT2D eigenvalue weighted by atomic mass is 16.2. The number of piperidine rings is 1. The number of imidazole rings is 1. The van der Waals surface area contributed by atoms with E-state index in [4.69, 9.17) is 5.73 Å². The van der Waals surface area contributed by atoms with Crippen LogP contribution in [0.1, 0.15) is 25.1 Å². The Bertz CT molecular complexity index is 577. The van der Waals surface area contributed by atoms with Gasteiger partial charge in [-0.05, 0) is 12.8 Å². The molecule has 1 aromatic heterocycles. The van der Waals surface area contributed by atoms with Crippen molar-refractivity contribution in [3.63, 3.8) is 0 Å². The number of nitrogens with zero attached hydrogens (tertiary/aromatic N) is 4. The molecular weight excluding hydrogens is 294 g/mol. The average molecular weight is 319 g/mol. The zero-order chi connectivity index (χ0) is 16.4. The lowest BCUT2D eigenvalue weighted by Crippen LogP contribution is -2.46. The van der Waals surface area contributed by atoms with Crippen LogP contribution in [0.25, 0.3) is 0 Å². The van der Waals surface area contributed by atoms with Crippen molar-refractivity contribution in [3.05, 3.63) is 18.2 Å². The van der Waals surface area contributed by atoms with E-state index >= 15 is 0 Å². The maximum absolute atomic E-state index is 12.1. The number of carbonyl (C=O) groups excluding carboxylic acids is 2. The number of aromatic nitrogens is 2. The number of hydrogen-bond acceptors (Lipinski definition) is 4. The Morgan fingerprint density at radius 1 is 1.39 bits per heavy atom. The molecule has 0 radical (unpaired) electrons. The predicted molar refractivity (Wildman–Crippen MR) is 85.4 cm³/mol. The third-order valence-corrected chi connectivity index (χ3v) is 5.13. The first kappa shape index (κ1) is 16.0. The van der Waals surface area contributed by atoms with Crippen LogP contribution in [0.3, 0.4) is 0 Å². The summed E-state index contributed by atoms with van der Waals surface area (Å²) in [5.74, 6) is 0.531. The van der Waals surface area contributed by atoms with Crippen molar-refractivity contribution in [1.82, 2.24) is 19.4 Å². The molecule has 23 heavy (non-hydrogen) atoms. The van der Waals surface area contributed by atoms with Crippen LogP contribution >= 0.6 is 0 Å². The molecule has 2 aliphatic heterocycles. The number of hydrogen-bond donors (Lipinski definition) is 1. The molecule has 1 atom stereocenters. The van der Waals surface area contributed by atoms with E-state index in [1.807, 2.05) is 24.3 Å². The number of carbonyl (C=O) groups is 2. The first-order valence-electron chi connectivity index (χ1n) is 8.32. The summed E-state index contributed by atoms with van der Waals surface area (Å²) in [4.78, 5) is 32.0. The molecular formula is C16H25N5O2. The predicted octanol–water partition coefficient (Wildman–Crippen LogP) is -0.239. The minimum Gasteiger partial charge on any atom is -0.369 e. The van der Waals surface area contributed by atoms with Crippen LogP contribution in [0.2, 0.25) is 0 Å². The van der Waals surface area contributed by atoms with Crippen molar-refractivity contribution < 1.29 is 9.59 Å². The lowest BCUT2D eigenvalue weighted by molar-refractivity contribution is -0.130. The van der Waals surface area contributed by atoms with Gasteiger partial charge >= 0.3 is 0 Å². The molecule has 7 nitrogen and oxygen atoms in total. The smallest absolute Gasteiger partial charge is 0.223 e. The number of amides is 2. The van der Waals surface area contributed by atoms with Crippen LogP contribution < -0.4 is 5.73 Å². The molecule has 2 amide bonds. The highest BCUT2D eigenvalue weighted by Gasteiger charge is 2.37. The highest BCUT2D eigenvalue weighted by Crippen LogP contribution is 2.25. The highest BCUT2D eigenvalue weighted by molar-refractivity contribution is 5.88. The number of nitrogens with two attached hydrogens (primary N) is 1. The second-order valence-electron chi connectivity index (χ2n) is 6.63. The molecule has 0 spiro atoms. The third kappa shape index (κ3) is 3.55. The van der Waals surface area contributed by atoms with Crippen LogP contribution in [0.15, 0.2) is 12.4 Å². The van der Waals surface area contributed by atoms with Crippen LogP contribution in [-0.2, 0) is 23.1 Å². The maximum atomic E-state index is 12.1. The van der Waals surface area contributed by atoms with Crippen LogP contribution in [-0.4, -0.2) is 63.4 Å². The summed E-state index contributed by atoms with van der Waals surface area (Å²) in [5, 5.41) is 0. The van der Waals surface area contributed by atoms with Gasteiger partial charge in [-0.2, -0.15) is 0 Å². The fourth-order valence-corrected chi connectivity index (χ4v) is 3.63. The molecule has 2 fully saturated rings. The minimum absolute atomic E-state index is 0.0836. The van der Waals surface area contributed by atoms with Gasteiger partial charge in [-0.15, -0.1) is 0 Å². The van der Waals surface area contributed by atoms with Crippen molar-refractivity contribution in [2.45, 2.75) is 31.7 Å². The van der Waals surface area contributed by atoms with E-state index in [-0.39, 0.29) is 30.2 Å². The van der Waals surface area contributed by atoms with Gasteiger partial charge in [0.25, 0.3) is 0 Å². The lowest BCUT2D eigenvalue weighted by atomic mass is 10.0. The van der Waals surface area contributed by atoms with E-state index in [9.17, 15) is 9.59 Å². The quantitative estimate of drug-likeness (QED) is 0.812. The molecule has 3 heterocycles. The number of primary amides is 1. The average Bonchev–Trinajstić information content (AvgIpc) is 3.12. The molecule has 2 N–H and O–H groups in total. The molecule has 0 aliphatic carbocycles.